The summed E-state index contributed by atoms with van der Waals surface area (Å²) in [7, 11) is 1.38. The number of thiophene rings is 1. The van der Waals surface area contributed by atoms with E-state index >= 15 is 0 Å². The van der Waals surface area contributed by atoms with Gasteiger partial charge in [0.2, 0.25) is 5.91 Å². The molecule has 1 aliphatic carbocycles. The number of ether oxygens (including phenoxy) is 2. The lowest BCUT2D eigenvalue weighted by atomic mass is 9.98. The van der Waals surface area contributed by atoms with Gasteiger partial charge in [-0.2, -0.15) is 0 Å². The quantitative estimate of drug-likeness (QED) is 0.432. The third-order valence-corrected chi connectivity index (χ3v) is 6.58. The summed E-state index contributed by atoms with van der Waals surface area (Å²) in [4.78, 5) is 37.4. The van der Waals surface area contributed by atoms with E-state index in [0.717, 1.165) is 22.3 Å². The molecule has 1 aliphatic rings. The van der Waals surface area contributed by atoms with Crippen molar-refractivity contribution in [3.05, 3.63) is 82.0 Å². The maximum atomic E-state index is 12.7. The Kier molecular flexibility index (Phi) is 7.24. The van der Waals surface area contributed by atoms with Crippen LogP contribution in [0, 0.1) is 0 Å². The van der Waals surface area contributed by atoms with Gasteiger partial charge in [0.05, 0.1) is 6.61 Å². The minimum Gasteiger partial charge on any atom is -0.479 e. The van der Waals surface area contributed by atoms with Gasteiger partial charge < -0.3 is 25.2 Å². The Hall–Kier alpha value is -3.69. The summed E-state index contributed by atoms with van der Waals surface area (Å²) in [5, 5.41) is 16.2. The fraction of sp³-hybridized carbons (Fsp3) is 0.240. The van der Waals surface area contributed by atoms with Crippen molar-refractivity contribution in [3.63, 3.8) is 0 Å². The van der Waals surface area contributed by atoms with E-state index in [9.17, 15) is 19.5 Å². The summed E-state index contributed by atoms with van der Waals surface area (Å²) in [6.07, 6.45) is -0.790. The van der Waals surface area contributed by atoms with E-state index in [4.69, 9.17) is 9.47 Å². The first-order chi connectivity index (χ1) is 16.5. The van der Waals surface area contributed by atoms with Crippen LogP contribution >= 0.6 is 11.3 Å². The molecule has 0 fully saturated rings. The van der Waals surface area contributed by atoms with Gasteiger partial charge in [-0.25, -0.2) is 9.59 Å². The Labute approximate surface area is 200 Å². The second kappa shape index (κ2) is 10.5. The highest BCUT2D eigenvalue weighted by atomic mass is 32.1. The van der Waals surface area contributed by atoms with Crippen molar-refractivity contribution in [1.29, 1.82) is 0 Å². The number of methoxy groups -OCH3 is 1. The SMILES string of the molecule is COCC(NC(=O)OCC1c2ccccc2-c2ccccc21)C(=O)NC(C(=O)O)c1cccs1. The van der Waals surface area contributed by atoms with Crippen LogP contribution in [0.15, 0.2) is 66.0 Å². The van der Waals surface area contributed by atoms with Gasteiger partial charge >= 0.3 is 12.1 Å². The van der Waals surface area contributed by atoms with Crippen molar-refractivity contribution in [2.45, 2.75) is 18.0 Å². The molecule has 3 aromatic rings. The molecule has 176 valence electrons. The number of fused-ring (bicyclic) bond motifs is 3. The van der Waals surface area contributed by atoms with Crippen molar-refractivity contribution < 1.29 is 29.0 Å². The molecule has 2 unspecified atom stereocenters. The molecule has 0 radical (unpaired) electrons. The Morgan fingerprint density at radius 2 is 1.62 bits per heavy atom. The van der Waals surface area contributed by atoms with E-state index in [1.807, 2.05) is 48.5 Å². The monoisotopic (exact) mass is 480 g/mol. The molecule has 2 amide bonds. The second-order valence-corrected chi connectivity index (χ2v) is 8.75. The lowest BCUT2D eigenvalue weighted by Gasteiger charge is -2.21. The molecule has 8 nitrogen and oxygen atoms in total. The molecule has 0 saturated carbocycles. The molecule has 34 heavy (non-hydrogen) atoms. The summed E-state index contributed by atoms with van der Waals surface area (Å²) in [5.41, 5.74) is 4.36. The largest absolute Gasteiger partial charge is 0.479 e. The number of hydrogen-bond acceptors (Lipinski definition) is 6. The number of hydrogen-bond donors (Lipinski definition) is 3. The number of carbonyl (C=O) groups excluding carboxylic acids is 2. The molecule has 0 bridgehead atoms. The zero-order valence-electron chi connectivity index (χ0n) is 18.4. The number of alkyl carbamates (subject to hydrolysis) is 1. The Morgan fingerprint density at radius 3 is 2.18 bits per heavy atom. The van der Waals surface area contributed by atoms with E-state index < -0.39 is 30.1 Å². The highest BCUT2D eigenvalue weighted by Crippen LogP contribution is 2.44. The number of amides is 2. The first-order valence-corrected chi connectivity index (χ1v) is 11.5. The Bertz CT molecular complexity index is 1130. The van der Waals surface area contributed by atoms with Crippen LogP contribution in [0.3, 0.4) is 0 Å². The molecule has 0 aliphatic heterocycles. The van der Waals surface area contributed by atoms with Gasteiger partial charge in [-0.05, 0) is 33.7 Å². The van der Waals surface area contributed by atoms with Crippen molar-refractivity contribution in [2.24, 2.45) is 0 Å². The molecule has 0 spiro atoms. The number of carboxylic acid groups (broad SMARTS) is 1. The highest BCUT2D eigenvalue weighted by Gasteiger charge is 2.31. The van der Waals surface area contributed by atoms with E-state index in [-0.39, 0.29) is 19.1 Å². The lowest BCUT2D eigenvalue weighted by molar-refractivity contribution is -0.142. The fourth-order valence-electron chi connectivity index (χ4n) is 4.08. The summed E-state index contributed by atoms with van der Waals surface area (Å²) < 4.78 is 10.5. The molecule has 9 heteroatoms. The van der Waals surface area contributed by atoms with E-state index in [1.54, 1.807) is 17.5 Å². The van der Waals surface area contributed by atoms with Crippen LogP contribution in [-0.4, -0.2) is 49.4 Å². The van der Waals surface area contributed by atoms with E-state index in [0.29, 0.717) is 4.88 Å². The van der Waals surface area contributed by atoms with Crippen LogP contribution in [-0.2, 0) is 19.1 Å². The van der Waals surface area contributed by atoms with Gasteiger partial charge in [-0.1, -0.05) is 54.6 Å². The average Bonchev–Trinajstić information content (AvgIpc) is 3.47. The maximum absolute atomic E-state index is 12.7. The Morgan fingerprint density at radius 1 is 0.971 bits per heavy atom. The summed E-state index contributed by atoms with van der Waals surface area (Å²) in [6.45, 7) is -0.0546. The predicted molar refractivity (Wildman–Crippen MR) is 127 cm³/mol. The zero-order chi connectivity index (χ0) is 24.1. The predicted octanol–water partition coefficient (Wildman–Crippen LogP) is 3.54. The van der Waals surface area contributed by atoms with Crippen LogP contribution in [0.25, 0.3) is 11.1 Å². The minimum absolute atomic E-state index is 0.0914. The number of aliphatic carboxylic acids is 1. The first kappa shape index (κ1) is 23.5. The highest BCUT2D eigenvalue weighted by molar-refractivity contribution is 7.10. The summed E-state index contributed by atoms with van der Waals surface area (Å²) >= 11 is 1.21. The van der Waals surface area contributed by atoms with Gasteiger partial charge in [0.1, 0.15) is 12.6 Å². The fourth-order valence-corrected chi connectivity index (χ4v) is 4.85. The number of rotatable bonds is 9. The first-order valence-electron chi connectivity index (χ1n) is 10.7. The van der Waals surface area contributed by atoms with Crippen molar-refractivity contribution in [2.75, 3.05) is 20.3 Å². The van der Waals surface area contributed by atoms with Gasteiger partial charge in [-0.15, -0.1) is 11.3 Å². The molecule has 2 aromatic carbocycles. The van der Waals surface area contributed by atoms with Crippen LogP contribution in [0.4, 0.5) is 4.79 Å². The standard InChI is InChI=1S/C25H24N2O6S/c1-32-14-20(23(28)27-22(24(29)30)21-11-6-12-34-21)26-25(31)33-13-19-17-9-4-2-7-15(17)16-8-3-5-10-18(16)19/h2-12,19-20,22H,13-14H2,1H3,(H,26,31)(H,27,28)(H,29,30). The Balaban J connectivity index is 1.41. The molecule has 1 heterocycles. The van der Waals surface area contributed by atoms with Crippen LogP contribution in [0.1, 0.15) is 28.0 Å². The van der Waals surface area contributed by atoms with Crippen molar-refractivity contribution in [3.8, 4) is 11.1 Å². The molecule has 2 atom stereocenters. The molecule has 0 saturated heterocycles. The van der Waals surface area contributed by atoms with Gasteiger partial charge in [-0.3, -0.25) is 4.79 Å². The third kappa shape index (κ3) is 4.95. The smallest absolute Gasteiger partial charge is 0.407 e. The molecular weight excluding hydrogens is 456 g/mol. The minimum atomic E-state index is -1.23. The molecule has 3 N–H and O–H groups in total. The summed E-state index contributed by atoms with van der Waals surface area (Å²) in [5.74, 6) is -2.01. The average molecular weight is 481 g/mol. The van der Waals surface area contributed by atoms with Crippen LogP contribution < -0.4 is 10.6 Å². The van der Waals surface area contributed by atoms with E-state index in [2.05, 4.69) is 10.6 Å². The van der Waals surface area contributed by atoms with Gasteiger partial charge in [0, 0.05) is 17.9 Å². The normalized spacial score (nSPS) is 13.9. The van der Waals surface area contributed by atoms with Crippen molar-refractivity contribution in [1.82, 2.24) is 10.6 Å². The molecular formula is C25H24N2O6S. The number of nitrogens with one attached hydrogen (secondary N) is 2. The lowest BCUT2D eigenvalue weighted by Crippen LogP contribution is -2.51. The second-order valence-electron chi connectivity index (χ2n) is 7.77. The number of carbonyl (C=O) groups is 3. The summed E-state index contributed by atoms with van der Waals surface area (Å²) in [6, 6.07) is 16.9. The molecule has 1 aromatic heterocycles. The van der Waals surface area contributed by atoms with E-state index in [1.165, 1.54) is 18.4 Å². The maximum Gasteiger partial charge on any atom is 0.407 e. The van der Waals surface area contributed by atoms with Crippen LogP contribution in [0.2, 0.25) is 0 Å². The van der Waals surface area contributed by atoms with Crippen LogP contribution in [0.5, 0.6) is 0 Å². The number of carboxylic acids is 1. The topological polar surface area (TPSA) is 114 Å². The number of benzene rings is 2. The third-order valence-electron chi connectivity index (χ3n) is 5.65. The molecule has 4 rings (SSSR count). The van der Waals surface area contributed by atoms with Gasteiger partial charge in [0.15, 0.2) is 6.04 Å². The van der Waals surface area contributed by atoms with Gasteiger partial charge in [0.25, 0.3) is 0 Å². The zero-order valence-corrected chi connectivity index (χ0v) is 19.2. The van der Waals surface area contributed by atoms with Crippen molar-refractivity contribution >= 4 is 29.3 Å².